The van der Waals surface area contributed by atoms with Crippen molar-refractivity contribution in [2.75, 3.05) is 13.6 Å². The van der Waals surface area contributed by atoms with Crippen LogP contribution in [0.4, 0.5) is 4.79 Å². The quantitative estimate of drug-likeness (QED) is 0.813. The van der Waals surface area contributed by atoms with Gasteiger partial charge in [-0.3, -0.25) is 14.5 Å². The summed E-state index contributed by atoms with van der Waals surface area (Å²) in [5.41, 5.74) is 7.26. The number of likely N-dealkylation sites (N-methyl/N-ethyl adjacent to an activating group) is 1. The monoisotopic (exact) mass is 368 g/mol. The molecule has 1 aromatic carbocycles. The molecule has 2 atom stereocenters. The Balaban J connectivity index is 1.64. The maximum atomic E-state index is 12.9. The van der Waals surface area contributed by atoms with Crippen LogP contribution in [0.15, 0.2) is 47.2 Å². The van der Waals surface area contributed by atoms with Crippen molar-refractivity contribution in [3.63, 3.8) is 0 Å². The molecule has 0 spiro atoms. The highest BCUT2D eigenvalue weighted by molar-refractivity contribution is 6.06. The second-order valence-electron chi connectivity index (χ2n) is 6.82. The molecule has 27 heavy (non-hydrogen) atoms. The minimum absolute atomic E-state index is 0.440. The number of rotatable bonds is 4. The molecule has 3 heterocycles. The molecule has 4 rings (SSSR count). The van der Waals surface area contributed by atoms with Gasteiger partial charge in [-0.05, 0) is 12.5 Å². The van der Waals surface area contributed by atoms with Crippen LogP contribution >= 0.6 is 0 Å². The lowest BCUT2D eigenvalue weighted by molar-refractivity contribution is -0.139. The van der Waals surface area contributed by atoms with Crippen LogP contribution in [-0.2, 0) is 16.1 Å². The zero-order valence-corrected chi connectivity index (χ0v) is 15.1. The Hall–Kier alpha value is -3.36. The molecule has 1 saturated heterocycles. The lowest BCUT2D eigenvalue weighted by atomic mass is 10.1. The molecule has 9 nitrogen and oxygen atoms in total. The van der Waals surface area contributed by atoms with Gasteiger partial charge >= 0.3 is 6.03 Å². The predicted molar refractivity (Wildman–Crippen MR) is 96.7 cm³/mol. The fraction of sp³-hybridized carbons (Fsp3) is 0.333. The van der Waals surface area contributed by atoms with Crippen LogP contribution in [0.25, 0.3) is 0 Å². The molecule has 4 amide bonds. The van der Waals surface area contributed by atoms with Crippen LogP contribution in [-0.4, -0.2) is 69.2 Å². The summed E-state index contributed by atoms with van der Waals surface area (Å²) in [5, 5.41) is 0. The third-order valence-electron chi connectivity index (χ3n) is 5.00. The zero-order valence-electron chi connectivity index (χ0n) is 15.1. The van der Waals surface area contributed by atoms with Crippen molar-refractivity contribution in [1.29, 1.82) is 0 Å². The summed E-state index contributed by atoms with van der Waals surface area (Å²) in [5.74, 6) is -0.576. The van der Waals surface area contributed by atoms with Gasteiger partial charge in [-0.1, -0.05) is 30.3 Å². The Morgan fingerprint density at radius 2 is 1.89 bits per heavy atom. The van der Waals surface area contributed by atoms with Crippen molar-refractivity contribution in [2.24, 2.45) is 10.7 Å². The maximum absolute atomic E-state index is 12.9. The van der Waals surface area contributed by atoms with Gasteiger partial charge in [0.05, 0.1) is 6.54 Å². The number of amides is 4. The third-order valence-corrected chi connectivity index (χ3v) is 5.00. The van der Waals surface area contributed by atoms with Gasteiger partial charge in [-0.15, -0.1) is 0 Å². The van der Waals surface area contributed by atoms with Gasteiger partial charge in [-0.2, -0.15) is 0 Å². The molecule has 0 radical (unpaired) electrons. The van der Waals surface area contributed by atoms with Crippen molar-refractivity contribution in [2.45, 2.75) is 25.7 Å². The van der Waals surface area contributed by atoms with E-state index in [-0.39, 0.29) is 0 Å². The fourth-order valence-corrected chi connectivity index (χ4v) is 3.66. The summed E-state index contributed by atoms with van der Waals surface area (Å²) >= 11 is 0. The summed E-state index contributed by atoms with van der Waals surface area (Å²) in [7, 11) is 1.57. The number of carbonyl (C=O) groups is 3. The number of hydrogen-bond donors (Lipinski definition) is 1. The normalized spacial score (nSPS) is 24.1. The number of fused-ring (bicyclic) bond motifs is 3. The van der Waals surface area contributed by atoms with E-state index in [9.17, 15) is 14.4 Å². The number of benzene rings is 1. The number of imide groups is 1. The molecule has 2 unspecified atom stereocenters. The van der Waals surface area contributed by atoms with Crippen molar-refractivity contribution >= 4 is 23.8 Å². The largest absolute Gasteiger partial charge is 0.368 e. The second-order valence-corrected chi connectivity index (χ2v) is 6.82. The number of urea groups is 1. The Kier molecular flexibility index (Phi) is 3.87. The van der Waals surface area contributed by atoms with Gasteiger partial charge in [0.1, 0.15) is 6.54 Å². The fourth-order valence-electron chi connectivity index (χ4n) is 3.66. The first kappa shape index (κ1) is 17.1. The minimum atomic E-state index is -0.735. The maximum Gasteiger partial charge on any atom is 0.328 e. The van der Waals surface area contributed by atoms with Gasteiger partial charge in [0, 0.05) is 18.9 Å². The minimum Gasteiger partial charge on any atom is -0.368 e. The summed E-state index contributed by atoms with van der Waals surface area (Å²) in [4.78, 5) is 47.4. The predicted octanol–water partition coefficient (Wildman–Crippen LogP) is 0.109. The van der Waals surface area contributed by atoms with E-state index in [1.165, 1.54) is 4.90 Å². The first-order chi connectivity index (χ1) is 12.9. The van der Waals surface area contributed by atoms with Crippen LogP contribution < -0.4 is 5.73 Å². The highest BCUT2D eigenvalue weighted by Crippen LogP contribution is 2.34. The molecule has 1 fully saturated rings. The molecule has 0 aliphatic carbocycles. The number of nitrogens with two attached hydrogens (primary N) is 1. The molecule has 0 saturated carbocycles. The molecule has 0 bridgehead atoms. The Labute approximate surface area is 156 Å². The number of carbonyl (C=O) groups excluding carboxylic acids is 3. The van der Waals surface area contributed by atoms with Crippen molar-refractivity contribution in [3.8, 4) is 0 Å². The number of guanidine groups is 1. The molecular weight excluding hydrogens is 348 g/mol. The number of hydrogen-bond acceptors (Lipinski definition) is 6. The molecule has 1 aromatic rings. The first-order valence-corrected chi connectivity index (χ1v) is 8.61. The van der Waals surface area contributed by atoms with Crippen LogP contribution in [0.5, 0.6) is 0 Å². The Morgan fingerprint density at radius 1 is 1.19 bits per heavy atom. The molecule has 3 aliphatic heterocycles. The van der Waals surface area contributed by atoms with Gasteiger partial charge in [0.15, 0.2) is 12.2 Å². The topological polar surface area (TPSA) is 103 Å². The standard InChI is InChI=1S/C18H20N6O3/c1-11-8-23-14-15(21(2)18(27)24(16(14)26)10-13(19)25)20-17(23)22(11)9-12-6-4-3-5-7-12/h3-8,14-15H,9-10H2,1-2H3,(H2,19,25). The molecular formula is C18H20N6O3. The van der Waals surface area contributed by atoms with E-state index in [1.807, 2.05) is 48.4 Å². The smallest absolute Gasteiger partial charge is 0.328 e. The first-order valence-electron chi connectivity index (χ1n) is 8.61. The van der Waals surface area contributed by atoms with Crippen LogP contribution in [0.1, 0.15) is 12.5 Å². The summed E-state index contributed by atoms with van der Waals surface area (Å²) < 4.78 is 0. The molecule has 140 valence electrons. The zero-order chi connectivity index (χ0) is 19.3. The van der Waals surface area contributed by atoms with E-state index >= 15 is 0 Å². The average Bonchev–Trinajstić information content (AvgIpc) is 3.14. The summed E-state index contributed by atoms with van der Waals surface area (Å²) in [6.45, 7) is 2.11. The highest BCUT2D eigenvalue weighted by atomic mass is 16.2. The van der Waals surface area contributed by atoms with E-state index in [2.05, 4.69) is 4.99 Å². The van der Waals surface area contributed by atoms with Crippen LogP contribution in [0.2, 0.25) is 0 Å². The van der Waals surface area contributed by atoms with Crippen LogP contribution in [0.3, 0.4) is 0 Å². The molecule has 2 N–H and O–H groups in total. The van der Waals surface area contributed by atoms with E-state index in [0.29, 0.717) is 12.5 Å². The molecule has 0 aromatic heterocycles. The Morgan fingerprint density at radius 3 is 2.56 bits per heavy atom. The Bertz CT molecular complexity index is 880. The van der Waals surface area contributed by atoms with Crippen molar-refractivity contribution < 1.29 is 14.4 Å². The van der Waals surface area contributed by atoms with Gasteiger partial charge in [0.2, 0.25) is 11.9 Å². The second kappa shape index (κ2) is 6.11. The van der Waals surface area contributed by atoms with Gasteiger partial charge < -0.3 is 20.4 Å². The lowest BCUT2D eigenvalue weighted by Crippen LogP contribution is -2.65. The molecule has 9 heteroatoms. The van der Waals surface area contributed by atoms with E-state index < -0.39 is 36.6 Å². The van der Waals surface area contributed by atoms with Crippen LogP contribution in [0, 0.1) is 0 Å². The van der Waals surface area contributed by atoms with E-state index in [4.69, 9.17) is 5.73 Å². The third kappa shape index (κ3) is 2.62. The SMILES string of the molecule is CC1=CN2C(=NC3C2C(=O)N(CC(N)=O)C(=O)N3C)N1Cc1ccccc1. The average molecular weight is 368 g/mol. The van der Waals surface area contributed by atoms with E-state index in [1.54, 1.807) is 11.9 Å². The summed E-state index contributed by atoms with van der Waals surface area (Å²) in [6, 6.07) is 8.67. The van der Waals surface area contributed by atoms with Gasteiger partial charge in [0.25, 0.3) is 5.91 Å². The highest BCUT2D eigenvalue weighted by Gasteiger charge is 2.54. The summed E-state index contributed by atoms with van der Waals surface area (Å²) in [6.07, 6.45) is 1.22. The molecule has 3 aliphatic rings. The number of aliphatic imine (C=N–C) groups is 1. The van der Waals surface area contributed by atoms with Crippen molar-refractivity contribution in [1.82, 2.24) is 19.6 Å². The van der Waals surface area contributed by atoms with Crippen molar-refractivity contribution in [3.05, 3.63) is 47.8 Å². The number of allylic oxidation sites excluding steroid dienone is 1. The van der Waals surface area contributed by atoms with Gasteiger partial charge in [-0.25, -0.2) is 9.79 Å². The van der Waals surface area contributed by atoms with E-state index in [0.717, 1.165) is 16.2 Å². The number of primary amides is 1. The number of nitrogens with zero attached hydrogens (tertiary/aromatic N) is 5. The lowest BCUT2D eigenvalue weighted by Gasteiger charge is -2.39.